The summed E-state index contributed by atoms with van der Waals surface area (Å²) < 4.78 is 6.46. The average molecular weight is 589 g/mol. The number of para-hydroxylation sites is 2. The predicted octanol–water partition coefficient (Wildman–Crippen LogP) is 12.1. The number of hydrogen-bond donors (Lipinski definition) is 0. The molecular weight excluding hydrogens is 560 g/mol. The molecule has 3 heteroatoms. The zero-order chi connectivity index (χ0) is 30.5. The molecule has 0 aliphatic heterocycles. The van der Waals surface area contributed by atoms with Crippen LogP contribution in [0.4, 0.5) is 17.1 Å². The molecule has 216 valence electrons. The van der Waals surface area contributed by atoms with E-state index in [1.54, 1.807) is 0 Å². The minimum absolute atomic E-state index is 0.856. The van der Waals surface area contributed by atoms with Gasteiger partial charge in [0.2, 0.25) is 0 Å². The lowest BCUT2D eigenvalue weighted by molar-refractivity contribution is 0.672. The summed E-state index contributed by atoms with van der Waals surface area (Å²) in [5.74, 6) is 0. The Hall–Kier alpha value is -6.19. The first-order valence-corrected chi connectivity index (χ1v) is 15.5. The number of furan rings is 1. The van der Waals surface area contributed by atoms with Crippen LogP contribution in [0.15, 0.2) is 174 Å². The van der Waals surface area contributed by atoms with Crippen molar-refractivity contribution in [2.45, 2.75) is 0 Å². The molecule has 46 heavy (non-hydrogen) atoms. The summed E-state index contributed by atoms with van der Waals surface area (Å²) in [5, 5.41) is 5.63. The van der Waals surface area contributed by atoms with Crippen LogP contribution < -0.4 is 4.90 Å². The Morgan fingerprint density at radius 3 is 2.04 bits per heavy atom. The fourth-order valence-electron chi connectivity index (χ4n) is 6.71. The quantitative estimate of drug-likeness (QED) is 0.200. The van der Waals surface area contributed by atoms with E-state index in [9.17, 15) is 0 Å². The average Bonchev–Trinajstić information content (AvgIpc) is 3.52. The highest BCUT2D eigenvalue weighted by molar-refractivity contribution is 6.15. The summed E-state index contributed by atoms with van der Waals surface area (Å²) in [7, 11) is 0. The predicted molar refractivity (Wildman–Crippen MR) is 192 cm³/mol. The maximum atomic E-state index is 6.46. The van der Waals surface area contributed by atoms with E-state index < -0.39 is 0 Å². The number of anilines is 3. The van der Waals surface area contributed by atoms with Crippen LogP contribution in [0.2, 0.25) is 0 Å². The van der Waals surface area contributed by atoms with Gasteiger partial charge in [0.25, 0.3) is 0 Å². The van der Waals surface area contributed by atoms with Crippen LogP contribution in [-0.2, 0) is 0 Å². The third-order valence-electron chi connectivity index (χ3n) is 8.91. The molecule has 0 fully saturated rings. The highest BCUT2D eigenvalue weighted by atomic mass is 16.3. The summed E-state index contributed by atoms with van der Waals surface area (Å²) in [6, 6.07) is 57.7. The molecular formula is C43H28N2O. The lowest BCUT2D eigenvalue weighted by Gasteiger charge is -2.28. The van der Waals surface area contributed by atoms with Gasteiger partial charge in [0.05, 0.1) is 23.1 Å². The van der Waals surface area contributed by atoms with Gasteiger partial charge in [0.1, 0.15) is 11.2 Å². The molecule has 0 aliphatic rings. The van der Waals surface area contributed by atoms with Gasteiger partial charge < -0.3 is 9.32 Å². The second kappa shape index (κ2) is 10.8. The van der Waals surface area contributed by atoms with Crippen molar-refractivity contribution in [2.24, 2.45) is 0 Å². The van der Waals surface area contributed by atoms with Crippen LogP contribution >= 0.6 is 0 Å². The van der Waals surface area contributed by atoms with Crippen LogP contribution in [0.5, 0.6) is 0 Å². The van der Waals surface area contributed by atoms with Gasteiger partial charge in [-0.1, -0.05) is 121 Å². The number of aromatic nitrogens is 1. The van der Waals surface area contributed by atoms with Crippen LogP contribution in [0, 0.1) is 0 Å². The number of rotatable bonds is 5. The number of hydrogen-bond acceptors (Lipinski definition) is 3. The lowest BCUT2D eigenvalue weighted by Crippen LogP contribution is -2.11. The number of benzene rings is 7. The topological polar surface area (TPSA) is 29.3 Å². The molecule has 0 N–H and O–H groups in total. The van der Waals surface area contributed by atoms with E-state index in [4.69, 9.17) is 9.40 Å². The first-order valence-electron chi connectivity index (χ1n) is 15.5. The van der Waals surface area contributed by atoms with Crippen molar-refractivity contribution >= 4 is 60.7 Å². The molecule has 3 nitrogen and oxygen atoms in total. The van der Waals surface area contributed by atoms with Crippen LogP contribution in [0.25, 0.3) is 65.9 Å². The van der Waals surface area contributed by atoms with Crippen LogP contribution in [0.3, 0.4) is 0 Å². The van der Waals surface area contributed by atoms with Crippen molar-refractivity contribution < 1.29 is 4.42 Å². The van der Waals surface area contributed by atoms with Crippen LogP contribution in [-0.4, -0.2) is 4.98 Å². The molecule has 0 radical (unpaired) electrons. The van der Waals surface area contributed by atoms with Gasteiger partial charge in [-0.2, -0.15) is 0 Å². The fraction of sp³-hybridized carbons (Fsp3) is 0. The molecule has 0 aliphatic carbocycles. The Kier molecular flexibility index (Phi) is 6.14. The highest BCUT2D eigenvalue weighted by Gasteiger charge is 2.20. The second-order valence-electron chi connectivity index (χ2n) is 11.6. The molecule has 2 heterocycles. The first kappa shape index (κ1) is 26.2. The summed E-state index contributed by atoms with van der Waals surface area (Å²) in [5.41, 5.74) is 10.4. The van der Waals surface area contributed by atoms with Gasteiger partial charge in [-0.25, -0.2) is 0 Å². The van der Waals surface area contributed by atoms with Crippen molar-refractivity contribution in [1.82, 2.24) is 4.98 Å². The van der Waals surface area contributed by atoms with E-state index in [1.165, 1.54) is 27.5 Å². The molecule has 9 rings (SSSR count). The molecule has 2 aromatic heterocycles. The molecule has 0 saturated heterocycles. The summed E-state index contributed by atoms with van der Waals surface area (Å²) in [4.78, 5) is 7.31. The Bertz CT molecular complexity index is 2530. The summed E-state index contributed by atoms with van der Waals surface area (Å²) in [6.45, 7) is 0. The van der Waals surface area contributed by atoms with Crippen LogP contribution in [0.1, 0.15) is 0 Å². The molecule has 9 aromatic rings. The standard InChI is InChI=1S/C43H28N2O/c1-2-11-29(12-3-1)30-21-23-32(24-22-30)45(41-19-8-6-16-36(41)35-18-10-14-31-13-4-5-15-34(31)35)33-27-39-40(44-28-33)26-25-38-37-17-7-9-20-42(37)46-43(38)39/h1-28H. The Morgan fingerprint density at radius 2 is 1.15 bits per heavy atom. The minimum Gasteiger partial charge on any atom is -0.455 e. The van der Waals surface area contributed by atoms with Gasteiger partial charge in [0, 0.05) is 27.4 Å². The lowest BCUT2D eigenvalue weighted by atomic mass is 9.96. The van der Waals surface area contributed by atoms with Gasteiger partial charge in [0.15, 0.2) is 0 Å². The first-order chi connectivity index (χ1) is 22.8. The number of fused-ring (bicyclic) bond motifs is 6. The van der Waals surface area contributed by atoms with E-state index in [1.807, 2.05) is 18.3 Å². The van der Waals surface area contributed by atoms with Crippen molar-refractivity contribution in [1.29, 1.82) is 0 Å². The van der Waals surface area contributed by atoms with Gasteiger partial charge in [-0.3, -0.25) is 4.98 Å². The van der Waals surface area contributed by atoms with Crippen molar-refractivity contribution in [3.63, 3.8) is 0 Å². The normalized spacial score (nSPS) is 11.5. The maximum absolute atomic E-state index is 6.46. The molecule has 0 spiro atoms. The second-order valence-corrected chi connectivity index (χ2v) is 11.6. The zero-order valence-corrected chi connectivity index (χ0v) is 25.0. The largest absolute Gasteiger partial charge is 0.455 e. The molecule has 7 aromatic carbocycles. The van der Waals surface area contributed by atoms with Gasteiger partial charge >= 0.3 is 0 Å². The monoisotopic (exact) mass is 588 g/mol. The number of nitrogens with zero attached hydrogens (tertiary/aromatic N) is 2. The van der Waals surface area contributed by atoms with E-state index >= 15 is 0 Å². The Balaban J connectivity index is 1.29. The molecule has 0 saturated carbocycles. The van der Waals surface area contributed by atoms with E-state index in [0.717, 1.165) is 55.5 Å². The van der Waals surface area contributed by atoms with Crippen molar-refractivity contribution in [3.8, 4) is 22.3 Å². The van der Waals surface area contributed by atoms with E-state index in [0.29, 0.717) is 0 Å². The smallest absolute Gasteiger partial charge is 0.144 e. The zero-order valence-electron chi connectivity index (χ0n) is 25.0. The van der Waals surface area contributed by atoms with Crippen molar-refractivity contribution in [3.05, 3.63) is 170 Å². The van der Waals surface area contributed by atoms with E-state index in [-0.39, 0.29) is 0 Å². The highest BCUT2D eigenvalue weighted by Crippen LogP contribution is 2.44. The molecule has 0 amide bonds. The van der Waals surface area contributed by atoms with Crippen molar-refractivity contribution in [2.75, 3.05) is 4.90 Å². The molecule has 0 atom stereocenters. The molecule has 0 unspecified atom stereocenters. The fourth-order valence-corrected chi connectivity index (χ4v) is 6.71. The third kappa shape index (κ3) is 4.33. The van der Waals surface area contributed by atoms with E-state index in [2.05, 4.69) is 157 Å². The SMILES string of the molecule is c1ccc(-c2ccc(N(c3cnc4ccc5c6ccccc6oc5c4c3)c3ccccc3-c3cccc4ccccc34)cc2)cc1. The maximum Gasteiger partial charge on any atom is 0.144 e. The summed E-state index contributed by atoms with van der Waals surface area (Å²) >= 11 is 0. The Morgan fingerprint density at radius 1 is 0.457 bits per heavy atom. The third-order valence-corrected chi connectivity index (χ3v) is 8.91. The summed E-state index contributed by atoms with van der Waals surface area (Å²) in [6.07, 6.45) is 1.97. The molecule has 0 bridgehead atoms. The van der Waals surface area contributed by atoms with Gasteiger partial charge in [-0.05, 0) is 69.9 Å². The number of pyridine rings is 1. The minimum atomic E-state index is 0.856. The van der Waals surface area contributed by atoms with Gasteiger partial charge in [-0.15, -0.1) is 0 Å². The Labute approximate surface area is 266 Å².